The molecule has 0 saturated heterocycles. The van der Waals surface area contributed by atoms with Gasteiger partial charge >= 0.3 is 12.1 Å². The number of allylic oxidation sites excluding steroid dienone is 2. The van der Waals surface area contributed by atoms with Crippen LogP contribution in [0.2, 0.25) is 0 Å². The molecule has 0 fully saturated rings. The predicted molar refractivity (Wildman–Crippen MR) is 48.9 cm³/mol. The first-order valence-corrected chi connectivity index (χ1v) is 3.82. The second kappa shape index (κ2) is 3.78. The van der Waals surface area contributed by atoms with Crippen LogP contribution in [-0.4, -0.2) is 28.3 Å². The van der Waals surface area contributed by atoms with Gasteiger partial charge in [0.15, 0.2) is 0 Å². The molecule has 0 saturated carbocycles. The number of hydrogen-bond donors (Lipinski definition) is 3. The Hall–Kier alpha value is -2.04. The minimum Gasteiger partial charge on any atom is -0.478 e. The van der Waals surface area contributed by atoms with E-state index < -0.39 is 18.1 Å². The van der Waals surface area contributed by atoms with Crippen LogP contribution in [0.15, 0.2) is 36.0 Å². The van der Waals surface area contributed by atoms with Gasteiger partial charge in [0, 0.05) is 0 Å². The third-order valence-electron chi connectivity index (χ3n) is 1.78. The van der Waals surface area contributed by atoms with E-state index in [1.165, 1.54) is 12.2 Å². The normalized spacial score (nSPS) is 20.1. The van der Waals surface area contributed by atoms with Crippen molar-refractivity contribution in [2.45, 2.75) is 6.04 Å². The molecule has 0 spiro atoms. The maximum Gasteiger partial charge on any atom is 0.405 e. The van der Waals surface area contributed by atoms with Gasteiger partial charge < -0.3 is 15.5 Å². The highest BCUT2D eigenvalue weighted by molar-refractivity contribution is 5.91. The molecule has 5 heteroatoms. The van der Waals surface area contributed by atoms with Crippen LogP contribution in [0.4, 0.5) is 4.79 Å². The van der Waals surface area contributed by atoms with E-state index in [2.05, 4.69) is 11.9 Å². The van der Waals surface area contributed by atoms with Crippen molar-refractivity contribution in [3.63, 3.8) is 0 Å². The van der Waals surface area contributed by atoms with Gasteiger partial charge in [0.25, 0.3) is 0 Å². The van der Waals surface area contributed by atoms with Crippen molar-refractivity contribution in [2.75, 3.05) is 0 Å². The smallest absolute Gasteiger partial charge is 0.405 e. The summed E-state index contributed by atoms with van der Waals surface area (Å²) in [5.74, 6) is -1.16. The Kier molecular flexibility index (Phi) is 2.71. The van der Waals surface area contributed by atoms with Crippen LogP contribution in [0.1, 0.15) is 0 Å². The second-order valence-corrected chi connectivity index (χ2v) is 2.74. The molecule has 1 unspecified atom stereocenters. The molecule has 0 heterocycles. The average Bonchev–Trinajstić information content (AvgIpc) is 2.07. The van der Waals surface area contributed by atoms with Gasteiger partial charge in [0.05, 0.1) is 11.6 Å². The summed E-state index contributed by atoms with van der Waals surface area (Å²) in [7, 11) is 0. The number of amides is 1. The van der Waals surface area contributed by atoms with E-state index in [1.807, 2.05) is 0 Å². The topological polar surface area (TPSA) is 86.6 Å². The van der Waals surface area contributed by atoms with Crippen LogP contribution in [-0.2, 0) is 4.79 Å². The molecular weight excluding hydrogens is 186 g/mol. The molecule has 74 valence electrons. The zero-order chi connectivity index (χ0) is 10.7. The zero-order valence-corrected chi connectivity index (χ0v) is 7.23. The lowest BCUT2D eigenvalue weighted by Gasteiger charge is -2.20. The van der Waals surface area contributed by atoms with Gasteiger partial charge in [0.1, 0.15) is 0 Å². The Labute approximate surface area is 80.0 Å². The predicted octanol–water partition coefficient (Wildman–Crippen LogP) is 0.760. The quantitative estimate of drug-likeness (QED) is 0.607. The Balaban J connectivity index is 2.94. The number of nitrogens with one attached hydrogen (secondary N) is 1. The lowest BCUT2D eigenvalue weighted by molar-refractivity contribution is -0.132. The van der Waals surface area contributed by atoms with Gasteiger partial charge in [-0.15, -0.1) is 0 Å². The van der Waals surface area contributed by atoms with Crippen molar-refractivity contribution >= 4 is 12.1 Å². The molecule has 0 radical (unpaired) electrons. The first-order chi connectivity index (χ1) is 6.52. The van der Waals surface area contributed by atoms with Crippen molar-refractivity contribution in [1.29, 1.82) is 0 Å². The third kappa shape index (κ3) is 2.01. The Morgan fingerprint density at radius 1 is 1.43 bits per heavy atom. The van der Waals surface area contributed by atoms with E-state index in [0.29, 0.717) is 5.57 Å². The largest absolute Gasteiger partial charge is 0.478 e. The zero-order valence-electron chi connectivity index (χ0n) is 7.23. The molecule has 0 aromatic rings. The molecule has 1 aliphatic rings. The summed E-state index contributed by atoms with van der Waals surface area (Å²) in [5, 5.41) is 19.3. The molecular formula is C9H9NO4. The Bertz CT molecular complexity index is 354. The Morgan fingerprint density at radius 3 is 2.57 bits per heavy atom. The van der Waals surface area contributed by atoms with Crippen LogP contribution in [0.25, 0.3) is 0 Å². The van der Waals surface area contributed by atoms with Crippen LogP contribution in [0.3, 0.4) is 0 Å². The number of carboxylic acid groups (broad SMARTS) is 2. The first kappa shape index (κ1) is 10.0. The molecule has 0 aromatic heterocycles. The second-order valence-electron chi connectivity index (χ2n) is 2.74. The monoisotopic (exact) mass is 195 g/mol. The Morgan fingerprint density at radius 2 is 2.07 bits per heavy atom. The number of rotatable bonds is 2. The molecule has 1 rings (SSSR count). The highest BCUT2D eigenvalue weighted by Gasteiger charge is 2.25. The maximum absolute atomic E-state index is 10.7. The molecule has 3 N–H and O–H groups in total. The van der Waals surface area contributed by atoms with Crippen molar-refractivity contribution in [3.05, 3.63) is 36.0 Å². The van der Waals surface area contributed by atoms with E-state index in [0.717, 1.165) is 0 Å². The van der Waals surface area contributed by atoms with E-state index in [9.17, 15) is 9.59 Å². The molecule has 0 aromatic carbocycles. The van der Waals surface area contributed by atoms with Crippen LogP contribution < -0.4 is 5.32 Å². The molecule has 5 nitrogen and oxygen atoms in total. The minimum absolute atomic E-state index is 0.0279. The lowest BCUT2D eigenvalue weighted by atomic mass is 9.95. The van der Waals surface area contributed by atoms with Crippen LogP contribution >= 0.6 is 0 Å². The maximum atomic E-state index is 10.7. The van der Waals surface area contributed by atoms with Gasteiger partial charge in [-0.05, 0) is 11.6 Å². The number of carbonyl (C=O) groups is 2. The molecule has 0 aliphatic heterocycles. The highest BCUT2D eigenvalue weighted by Crippen LogP contribution is 2.17. The number of hydrogen-bond acceptors (Lipinski definition) is 2. The van der Waals surface area contributed by atoms with E-state index in [4.69, 9.17) is 10.2 Å². The first-order valence-electron chi connectivity index (χ1n) is 3.82. The highest BCUT2D eigenvalue weighted by atomic mass is 16.4. The molecule has 0 bridgehead atoms. The van der Waals surface area contributed by atoms with Crippen molar-refractivity contribution in [2.24, 2.45) is 0 Å². The molecule has 1 aliphatic carbocycles. The molecule has 14 heavy (non-hydrogen) atoms. The van der Waals surface area contributed by atoms with Gasteiger partial charge in [0.2, 0.25) is 0 Å². The van der Waals surface area contributed by atoms with E-state index in [1.54, 1.807) is 6.08 Å². The van der Waals surface area contributed by atoms with E-state index >= 15 is 0 Å². The fraction of sp³-hybridized carbons (Fsp3) is 0.111. The summed E-state index contributed by atoms with van der Waals surface area (Å²) in [6, 6.07) is -0.866. The number of aliphatic carboxylic acids is 1. The standard InChI is InChI=1S/C9H9NO4/c1-5-3-2-4-6(8(11)12)7(5)10-9(13)14/h2-4,7,10H,1H2,(H,11,12)(H,13,14). The van der Waals surface area contributed by atoms with Crippen molar-refractivity contribution in [1.82, 2.24) is 5.32 Å². The number of carboxylic acids is 1. The van der Waals surface area contributed by atoms with Crippen molar-refractivity contribution < 1.29 is 19.8 Å². The summed E-state index contributed by atoms with van der Waals surface area (Å²) in [5.41, 5.74) is 0.382. The minimum atomic E-state index is -1.28. The van der Waals surface area contributed by atoms with Crippen LogP contribution in [0, 0.1) is 0 Å². The summed E-state index contributed by atoms with van der Waals surface area (Å²) in [6.07, 6.45) is 3.15. The summed E-state index contributed by atoms with van der Waals surface area (Å²) in [6.45, 7) is 3.56. The van der Waals surface area contributed by atoms with Gasteiger partial charge in [-0.3, -0.25) is 0 Å². The SMILES string of the molecule is C=C1C=CC=C(C(=O)O)C1NC(=O)O. The van der Waals surface area contributed by atoms with E-state index in [-0.39, 0.29) is 5.57 Å². The molecule has 1 amide bonds. The summed E-state index contributed by atoms with van der Waals surface area (Å²) >= 11 is 0. The van der Waals surface area contributed by atoms with Gasteiger partial charge in [-0.25, -0.2) is 9.59 Å². The summed E-state index contributed by atoms with van der Waals surface area (Å²) in [4.78, 5) is 21.1. The van der Waals surface area contributed by atoms with Crippen LogP contribution in [0.5, 0.6) is 0 Å². The van der Waals surface area contributed by atoms with Gasteiger partial charge in [-0.1, -0.05) is 18.7 Å². The lowest BCUT2D eigenvalue weighted by Crippen LogP contribution is -2.39. The fourth-order valence-electron chi connectivity index (χ4n) is 1.16. The van der Waals surface area contributed by atoms with Crippen molar-refractivity contribution in [3.8, 4) is 0 Å². The third-order valence-corrected chi connectivity index (χ3v) is 1.78. The van der Waals surface area contributed by atoms with Gasteiger partial charge in [-0.2, -0.15) is 0 Å². The molecule has 1 atom stereocenters. The average molecular weight is 195 g/mol. The fourth-order valence-corrected chi connectivity index (χ4v) is 1.16. The summed E-state index contributed by atoms with van der Waals surface area (Å²) < 4.78 is 0.